The largest absolute Gasteiger partial charge is 0.534 e. The van der Waals surface area contributed by atoms with Crippen LogP contribution in [0.5, 0.6) is 5.75 Å². The molecule has 1 heterocycles. The highest BCUT2D eigenvalue weighted by Gasteiger charge is 2.49. The number of halogens is 12. The lowest BCUT2D eigenvalue weighted by molar-refractivity contribution is -0.139. The summed E-state index contributed by atoms with van der Waals surface area (Å²) in [6.45, 7) is 0.128. The van der Waals surface area contributed by atoms with Gasteiger partial charge in [-0.15, -0.1) is 0 Å². The molecule has 0 radical (unpaired) electrons. The van der Waals surface area contributed by atoms with Crippen LogP contribution in [0.25, 0.3) is 21.8 Å². The second-order valence-electron chi connectivity index (χ2n) is 10.4. The SMILES string of the molecule is O=S(=O)(Oc1ccccc1C(F)(F)F)C(F)(F)F.OC(CNc1ccccc1)Cn1c2ccc(C(F)(F)F)cc2c2cc(C(F)(F)F)ccc21. The molecule has 0 saturated heterocycles. The van der Waals surface area contributed by atoms with Gasteiger partial charge < -0.3 is 19.2 Å². The molecule has 2 N–H and O–H groups in total. The quantitative estimate of drug-likeness (QED) is 0.0987. The van der Waals surface area contributed by atoms with Gasteiger partial charge in [0.25, 0.3) is 0 Å². The van der Waals surface area contributed by atoms with E-state index in [0.717, 1.165) is 42.1 Å². The average molecular weight is 747 g/mol. The zero-order chi connectivity index (χ0) is 37.3. The standard InChI is InChI=1S/C23H18F6N2O.C8H4F6O3S/c24-22(25,26)14-6-8-20-18(10-14)19-11-15(23(27,28)29)7-9-21(19)31(20)13-17(32)12-30-16-4-2-1-3-5-16;9-7(10,11)5-3-1-2-4-6(5)17-18(15,16)8(12,13)14/h1-11,17,30,32H,12-13H2;1-4H. The first-order valence-corrected chi connectivity index (χ1v) is 15.2. The maximum Gasteiger partial charge on any atom is 0.534 e. The number of fused-ring (bicyclic) bond motifs is 3. The summed E-state index contributed by atoms with van der Waals surface area (Å²) in [5.74, 6) is -1.43. The van der Waals surface area contributed by atoms with Crippen LogP contribution < -0.4 is 9.50 Å². The summed E-state index contributed by atoms with van der Waals surface area (Å²) in [5, 5.41) is 13.7. The van der Waals surface area contributed by atoms with Gasteiger partial charge in [-0.05, 0) is 60.7 Å². The molecule has 19 heteroatoms. The van der Waals surface area contributed by atoms with E-state index >= 15 is 0 Å². The van der Waals surface area contributed by atoms with Crippen molar-refractivity contribution >= 4 is 37.6 Å². The van der Waals surface area contributed by atoms with E-state index in [1.807, 2.05) is 30.3 Å². The molecule has 0 fully saturated rings. The number of alkyl halides is 12. The minimum absolute atomic E-state index is 0.0173. The van der Waals surface area contributed by atoms with Crippen molar-refractivity contribution in [3.63, 3.8) is 0 Å². The Kier molecular flexibility index (Phi) is 10.6. The molecule has 5 aromatic rings. The summed E-state index contributed by atoms with van der Waals surface area (Å²) in [5.41, 5.74) is -7.92. The zero-order valence-electron chi connectivity index (χ0n) is 24.7. The van der Waals surface area contributed by atoms with E-state index in [-0.39, 0.29) is 23.9 Å². The molecule has 4 aromatic carbocycles. The van der Waals surface area contributed by atoms with Gasteiger partial charge in [-0.1, -0.05) is 30.3 Å². The first-order chi connectivity index (χ1) is 23.0. The van der Waals surface area contributed by atoms with Gasteiger partial charge in [-0.25, -0.2) is 0 Å². The van der Waals surface area contributed by atoms with Crippen molar-refractivity contribution in [1.29, 1.82) is 0 Å². The van der Waals surface area contributed by atoms with E-state index < -0.39 is 62.7 Å². The Bertz CT molecular complexity index is 1980. The molecule has 0 spiro atoms. The van der Waals surface area contributed by atoms with Gasteiger partial charge in [-0.3, -0.25) is 0 Å². The molecule has 50 heavy (non-hydrogen) atoms. The monoisotopic (exact) mass is 746 g/mol. The Hall–Kier alpha value is -4.65. The van der Waals surface area contributed by atoms with Crippen LogP contribution in [0.15, 0.2) is 91.0 Å². The van der Waals surface area contributed by atoms with Crippen molar-refractivity contribution < 1.29 is 70.4 Å². The summed E-state index contributed by atoms with van der Waals surface area (Å²) < 4.78 is 178. The lowest BCUT2D eigenvalue weighted by Crippen LogP contribution is -2.28. The fourth-order valence-electron chi connectivity index (χ4n) is 4.66. The maximum atomic E-state index is 13.2. The molecular formula is C31H22F12N2O4S. The highest BCUT2D eigenvalue weighted by molar-refractivity contribution is 7.88. The summed E-state index contributed by atoms with van der Waals surface area (Å²) in [4.78, 5) is 0. The van der Waals surface area contributed by atoms with Crippen LogP contribution in [0.2, 0.25) is 0 Å². The van der Waals surface area contributed by atoms with Crippen LogP contribution in [0.1, 0.15) is 16.7 Å². The van der Waals surface area contributed by atoms with Gasteiger partial charge in [0.1, 0.15) is 0 Å². The third-order valence-electron chi connectivity index (χ3n) is 6.90. The number of aliphatic hydroxyl groups is 1. The second kappa shape index (κ2) is 13.9. The van der Waals surface area contributed by atoms with Crippen molar-refractivity contribution in [3.8, 4) is 5.75 Å². The van der Waals surface area contributed by atoms with Crippen LogP contribution >= 0.6 is 0 Å². The summed E-state index contributed by atoms with van der Waals surface area (Å²) in [6, 6.07) is 17.7. The molecule has 0 aliphatic heterocycles. The number of hydrogen-bond donors (Lipinski definition) is 2. The lowest BCUT2D eigenvalue weighted by atomic mass is 10.1. The smallest absolute Gasteiger partial charge is 0.389 e. The fourth-order valence-corrected chi connectivity index (χ4v) is 5.14. The first-order valence-electron chi connectivity index (χ1n) is 13.8. The summed E-state index contributed by atoms with van der Waals surface area (Å²) in [6.07, 6.45) is -15.2. The molecule has 0 aliphatic rings. The topological polar surface area (TPSA) is 80.6 Å². The molecule has 6 nitrogen and oxygen atoms in total. The molecule has 5 rings (SSSR count). The Morgan fingerprint density at radius 3 is 1.60 bits per heavy atom. The Morgan fingerprint density at radius 1 is 0.660 bits per heavy atom. The molecule has 0 aliphatic carbocycles. The van der Waals surface area contributed by atoms with Crippen LogP contribution in [0, 0.1) is 0 Å². The number of rotatable bonds is 7. The van der Waals surface area contributed by atoms with Crippen molar-refractivity contribution in [2.75, 3.05) is 11.9 Å². The van der Waals surface area contributed by atoms with Crippen LogP contribution in [0.4, 0.5) is 58.4 Å². The second-order valence-corrected chi connectivity index (χ2v) is 12.0. The van der Waals surface area contributed by atoms with Gasteiger partial charge in [0.05, 0.1) is 29.3 Å². The van der Waals surface area contributed by atoms with E-state index in [1.165, 1.54) is 12.1 Å². The van der Waals surface area contributed by atoms with Crippen LogP contribution in [0.3, 0.4) is 0 Å². The minimum atomic E-state index is -6.13. The Labute approximate surface area is 274 Å². The normalized spacial score (nSPS) is 13.5. The van der Waals surface area contributed by atoms with E-state index in [1.54, 1.807) is 4.57 Å². The van der Waals surface area contributed by atoms with Crippen LogP contribution in [-0.4, -0.2) is 36.2 Å². The number of hydrogen-bond acceptors (Lipinski definition) is 5. The highest BCUT2D eigenvalue weighted by Crippen LogP contribution is 2.40. The number of anilines is 1. The molecule has 1 atom stereocenters. The van der Waals surface area contributed by atoms with E-state index in [4.69, 9.17) is 0 Å². The fraction of sp³-hybridized carbons (Fsp3) is 0.226. The third-order valence-corrected chi connectivity index (χ3v) is 7.87. The number of aromatic nitrogens is 1. The Balaban J connectivity index is 0.000000266. The lowest BCUT2D eigenvalue weighted by Gasteiger charge is -2.16. The summed E-state index contributed by atoms with van der Waals surface area (Å²) in [7, 11) is -6.13. The van der Waals surface area contributed by atoms with Gasteiger partial charge in [0.15, 0.2) is 5.75 Å². The maximum absolute atomic E-state index is 13.2. The average Bonchev–Trinajstić information content (AvgIpc) is 3.31. The molecule has 0 bridgehead atoms. The minimum Gasteiger partial charge on any atom is -0.389 e. The number of benzene rings is 4. The van der Waals surface area contributed by atoms with E-state index in [0.29, 0.717) is 23.2 Å². The predicted octanol–water partition coefficient (Wildman–Crippen LogP) is 9.24. The van der Waals surface area contributed by atoms with Crippen molar-refractivity contribution in [2.45, 2.75) is 36.7 Å². The van der Waals surface area contributed by atoms with Gasteiger partial charge in [-0.2, -0.15) is 61.1 Å². The Morgan fingerprint density at radius 2 is 1.14 bits per heavy atom. The van der Waals surface area contributed by atoms with E-state index in [2.05, 4.69) is 9.50 Å². The van der Waals surface area contributed by atoms with Gasteiger partial charge in [0.2, 0.25) is 0 Å². The van der Waals surface area contributed by atoms with Crippen molar-refractivity contribution in [2.24, 2.45) is 0 Å². The number of nitrogens with zero attached hydrogens (tertiary/aromatic N) is 1. The van der Waals surface area contributed by atoms with Gasteiger partial charge >= 0.3 is 34.2 Å². The zero-order valence-corrected chi connectivity index (χ0v) is 25.5. The molecule has 0 saturated carbocycles. The number of nitrogens with one attached hydrogen (secondary N) is 1. The molecular weight excluding hydrogens is 724 g/mol. The van der Waals surface area contributed by atoms with Crippen molar-refractivity contribution in [1.82, 2.24) is 4.57 Å². The summed E-state index contributed by atoms with van der Waals surface area (Å²) >= 11 is 0. The third kappa shape index (κ3) is 8.92. The number of aliphatic hydroxyl groups excluding tert-OH is 1. The molecule has 270 valence electrons. The molecule has 0 amide bonds. The van der Waals surface area contributed by atoms with Gasteiger partial charge in [0, 0.05) is 34.0 Å². The highest BCUT2D eigenvalue weighted by atomic mass is 32.2. The molecule has 1 unspecified atom stereocenters. The van der Waals surface area contributed by atoms with Crippen LogP contribution in [-0.2, 0) is 35.2 Å². The van der Waals surface area contributed by atoms with E-state index in [9.17, 15) is 66.2 Å². The first kappa shape index (κ1) is 38.2. The predicted molar refractivity (Wildman–Crippen MR) is 157 cm³/mol. The molecule has 1 aromatic heterocycles. The van der Waals surface area contributed by atoms with Crippen molar-refractivity contribution in [3.05, 3.63) is 108 Å². The number of para-hydroxylation sites is 2.